The number of morpholine rings is 1. The zero-order valence-electron chi connectivity index (χ0n) is 20.5. The van der Waals surface area contributed by atoms with E-state index < -0.39 is 0 Å². The summed E-state index contributed by atoms with van der Waals surface area (Å²) in [6.45, 7) is 7.52. The van der Waals surface area contributed by atoms with Crippen molar-refractivity contribution < 1.29 is 19.1 Å². The lowest BCUT2D eigenvalue weighted by molar-refractivity contribution is -0.138. The Bertz CT molecular complexity index is 1050. The van der Waals surface area contributed by atoms with Crippen LogP contribution in [0.15, 0.2) is 48.5 Å². The molecule has 35 heavy (non-hydrogen) atoms. The molecule has 0 bridgehead atoms. The molecule has 0 radical (unpaired) electrons. The Hall–Kier alpha value is -3.39. The molecule has 4 rings (SSSR count). The first-order valence-electron chi connectivity index (χ1n) is 12.3. The molecule has 2 aromatic carbocycles. The molecule has 0 spiro atoms. The zero-order valence-corrected chi connectivity index (χ0v) is 20.5. The van der Waals surface area contributed by atoms with Crippen molar-refractivity contribution in [3.05, 3.63) is 59.7 Å². The summed E-state index contributed by atoms with van der Waals surface area (Å²) >= 11 is 0. The van der Waals surface area contributed by atoms with Crippen LogP contribution in [0.25, 0.3) is 0 Å². The van der Waals surface area contributed by atoms with Gasteiger partial charge in [0.1, 0.15) is 0 Å². The second-order valence-electron chi connectivity index (χ2n) is 8.98. The smallest absolute Gasteiger partial charge is 0.243 e. The molecule has 1 fully saturated rings. The number of carbonyl (C=O) groups excluding carboxylic acids is 3. The van der Waals surface area contributed by atoms with E-state index in [2.05, 4.69) is 16.3 Å². The third-order valence-corrected chi connectivity index (χ3v) is 6.78. The fourth-order valence-electron chi connectivity index (χ4n) is 4.87. The number of benzene rings is 2. The average Bonchev–Trinajstić information content (AvgIpc) is 2.88. The molecule has 8 heteroatoms. The third-order valence-electron chi connectivity index (χ3n) is 6.78. The van der Waals surface area contributed by atoms with Crippen LogP contribution in [0.4, 0.5) is 11.4 Å². The van der Waals surface area contributed by atoms with E-state index in [1.54, 1.807) is 16.7 Å². The molecule has 1 saturated heterocycles. The van der Waals surface area contributed by atoms with Gasteiger partial charge in [-0.25, -0.2) is 0 Å². The number of hydrogen-bond donors (Lipinski definition) is 1. The van der Waals surface area contributed by atoms with E-state index in [0.717, 1.165) is 44.0 Å². The first-order valence-corrected chi connectivity index (χ1v) is 12.3. The number of ether oxygens (including phenoxy) is 1. The van der Waals surface area contributed by atoms with Crippen molar-refractivity contribution in [2.45, 2.75) is 32.7 Å². The van der Waals surface area contributed by atoms with Gasteiger partial charge in [0.05, 0.1) is 32.2 Å². The summed E-state index contributed by atoms with van der Waals surface area (Å²) < 4.78 is 5.40. The van der Waals surface area contributed by atoms with Crippen LogP contribution in [0, 0.1) is 0 Å². The van der Waals surface area contributed by atoms with Gasteiger partial charge in [-0.2, -0.15) is 0 Å². The zero-order chi connectivity index (χ0) is 24.8. The Balaban J connectivity index is 1.37. The number of anilines is 2. The van der Waals surface area contributed by atoms with E-state index in [-0.39, 0.29) is 36.7 Å². The molecule has 2 aliphatic rings. The Morgan fingerprint density at radius 2 is 1.74 bits per heavy atom. The number of hydrogen-bond acceptors (Lipinski definition) is 5. The molecule has 0 aliphatic carbocycles. The second-order valence-corrected chi connectivity index (χ2v) is 8.98. The van der Waals surface area contributed by atoms with Crippen LogP contribution in [0.1, 0.15) is 37.4 Å². The topological polar surface area (TPSA) is 82.2 Å². The molecule has 2 heterocycles. The molecule has 0 aromatic heterocycles. The Labute approximate surface area is 206 Å². The van der Waals surface area contributed by atoms with Crippen LogP contribution in [-0.4, -0.2) is 73.5 Å². The van der Waals surface area contributed by atoms with Gasteiger partial charge in [0.15, 0.2) is 0 Å². The minimum Gasteiger partial charge on any atom is -0.378 e. The van der Waals surface area contributed by atoms with Crippen molar-refractivity contribution in [2.75, 3.05) is 56.2 Å². The molecule has 3 amide bonds. The van der Waals surface area contributed by atoms with Gasteiger partial charge in [0, 0.05) is 44.5 Å². The lowest BCUT2D eigenvalue weighted by Crippen LogP contribution is -2.43. The maximum absolute atomic E-state index is 13.2. The van der Waals surface area contributed by atoms with Gasteiger partial charge >= 0.3 is 0 Å². The molecular formula is C27H34N4O4. The van der Waals surface area contributed by atoms with E-state index >= 15 is 0 Å². The maximum Gasteiger partial charge on any atom is 0.243 e. The van der Waals surface area contributed by atoms with Crippen LogP contribution in [0.2, 0.25) is 0 Å². The summed E-state index contributed by atoms with van der Waals surface area (Å²) in [4.78, 5) is 43.8. The highest BCUT2D eigenvalue weighted by atomic mass is 16.5. The molecular weight excluding hydrogens is 444 g/mol. The Kier molecular flexibility index (Phi) is 8.02. The molecule has 1 atom stereocenters. The molecule has 8 nitrogen and oxygen atoms in total. The summed E-state index contributed by atoms with van der Waals surface area (Å²) in [6, 6.07) is 15.4. The van der Waals surface area contributed by atoms with Crippen molar-refractivity contribution in [2.24, 2.45) is 0 Å². The number of carbonyl (C=O) groups is 3. The van der Waals surface area contributed by atoms with Crippen molar-refractivity contribution in [3.8, 4) is 0 Å². The van der Waals surface area contributed by atoms with Gasteiger partial charge < -0.3 is 24.8 Å². The van der Waals surface area contributed by atoms with Gasteiger partial charge in [-0.1, -0.05) is 24.3 Å². The first kappa shape index (κ1) is 24.7. The van der Waals surface area contributed by atoms with Crippen LogP contribution in [0.3, 0.4) is 0 Å². The van der Waals surface area contributed by atoms with Gasteiger partial charge in [-0.15, -0.1) is 0 Å². The fourth-order valence-corrected chi connectivity index (χ4v) is 4.87. The summed E-state index contributed by atoms with van der Waals surface area (Å²) in [6.07, 6.45) is 0.941. The highest BCUT2D eigenvalue weighted by Gasteiger charge is 2.32. The lowest BCUT2D eigenvalue weighted by atomic mass is 9.90. The van der Waals surface area contributed by atoms with E-state index in [1.807, 2.05) is 49.4 Å². The largest absolute Gasteiger partial charge is 0.378 e. The Morgan fingerprint density at radius 3 is 2.43 bits per heavy atom. The van der Waals surface area contributed by atoms with E-state index in [0.29, 0.717) is 18.8 Å². The van der Waals surface area contributed by atoms with Gasteiger partial charge in [-0.05, 0) is 48.7 Å². The summed E-state index contributed by atoms with van der Waals surface area (Å²) in [7, 11) is 0. The molecule has 0 saturated carbocycles. The number of amides is 3. The van der Waals surface area contributed by atoms with Crippen molar-refractivity contribution in [3.63, 3.8) is 0 Å². The van der Waals surface area contributed by atoms with Crippen molar-refractivity contribution >= 4 is 29.1 Å². The summed E-state index contributed by atoms with van der Waals surface area (Å²) in [5.74, 6) is -0.427. The van der Waals surface area contributed by atoms with Crippen molar-refractivity contribution in [1.82, 2.24) is 9.80 Å². The molecule has 2 aliphatic heterocycles. The summed E-state index contributed by atoms with van der Waals surface area (Å²) in [5.41, 5.74) is 3.98. The number of rotatable bonds is 7. The van der Waals surface area contributed by atoms with E-state index in [9.17, 15) is 14.4 Å². The predicted octanol–water partition coefficient (Wildman–Crippen LogP) is 2.85. The third kappa shape index (κ3) is 6.00. The highest BCUT2D eigenvalue weighted by molar-refractivity contribution is 5.94. The SMILES string of the molecule is CCN(CC(=O)Nc1ccc(N2CCOCC2)cc1)C(=O)CC1c2ccccc2CCN1C(C)=O. The van der Waals surface area contributed by atoms with Crippen molar-refractivity contribution in [1.29, 1.82) is 0 Å². The lowest BCUT2D eigenvalue weighted by Gasteiger charge is -2.37. The quantitative estimate of drug-likeness (QED) is 0.662. The minimum atomic E-state index is -0.310. The number of likely N-dealkylation sites (N-methyl/N-ethyl adjacent to an activating group) is 1. The minimum absolute atomic E-state index is 0.0328. The van der Waals surface area contributed by atoms with Gasteiger partial charge in [-0.3, -0.25) is 14.4 Å². The second kappa shape index (κ2) is 11.4. The van der Waals surface area contributed by atoms with E-state index in [4.69, 9.17) is 4.74 Å². The molecule has 186 valence electrons. The molecule has 2 aromatic rings. The standard InChI is InChI=1S/C27H34N4O4/c1-3-29(19-26(33)28-22-8-10-23(11-9-22)30-14-16-35-17-15-30)27(34)18-25-24-7-5-4-6-21(24)12-13-31(25)20(2)32/h4-11,25H,3,12-19H2,1-2H3,(H,28,33). The van der Waals surface area contributed by atoms with Crippen LogP contribution in [-0.2, 0) is 25.5 Å². The van der Waals surface area contributed by atoms with E-state index in [1.165, 1.54) is 5.56 Å². The van der Waals surface area contributed by atoms with Crippen LogP contribution >= 0.6 is 0 Å². The molecule has 1 unspecified atom stereocenters. The maximum atomic E-state index is 13.2. The van der Waals surface area contributed by atoms with Gasteiger partial charge in [0.2, 0.25) is 17.7 Å². The van der Waals surface area contributed by atoms with Gasteiger partial charge in [0.25, 0.3) is 0 Å². The predicted molar refractivity (Wildman–Crippen MR) is 135 cm³/mol. The average molecular weight is 479 g/mol. The molecule has 1 N–H and O–H groups in total. The number of nitrogens with zero attached hydrogens (tertiary/aromatic N) is 3. The normalized spacial score (nSPS) is 17.5. The van der Waals surface area contributed by atoms with Crippen LogP contribution < -0.4 is 10.2 Å². The Morgan fingerprint density at radius 1 is 1.03 bits per heavy atom. The number of fused-ring (bicyclic) bond motifs is 1. The monoisotopic (exact) mass is 478 g/mol. The first-order chi connectivity index (χ1) is 17.0. The highest BCUT2D eigenvalue weighted by Crippen LogP contribution is 2.32. The fraction of sp³-hybridized carbons (Fsp3) is 0.444. The van der Waals surface area contributed by atoms with Crippen LogP contribution in [0.5, 0.6) is 0 Å². The number of nitrogens with one attached hydrogen (secondary N) is 1. The summed E-state index contributed by atoms with van der Waals surface area (Å²) in [5, 5.41) is 2.90.